The lowest BCUT2D eigenvalue weighted by atomic mass is 10.1. The van der Waals surface area contributed by atoms with E-state index in [2.05, 4.69) is 27.0 Å². The van der Waals surface area contributed by atoms with Gasteiger partial charge in [-0.2, -0.15) is 5.26 Å². The third-order valence-corrected chi connectivity index (χ3v) is 4.47. The largest absolute Gasteiger partial charge is 0.330 e. The van der Waals surface area contributed by atoms with Crippen molar-refractivity contribution in [2.24, 2.45) is 0 Å². The van der Waals surface area contributed by atoms with Crippen molar-refractivity contribution in [3.63, 3.8) is 0 Å². The van der Waals surface area contributed by atoms with E-state index in [1.54, 1.807) is 0 Å². The molecule has 3 aromatic rings. The van der Waals surface area contributed by atoms with Crippen LogP contribution in [0.3, 0.4) is 0 Å². The lowest BCUT2D eigenvalue weighted by Gasteiger charge is -2.09. The molecule has 0 amide bonds. The fourth-order valence-corrected chi connectivity index (χ4v) is 3.07. The van der Waals surface area contributed by atoms with Crippen LogP contribution in [0.1, 0.15) is 28.8 Å². The summed E-state index contributed by atoms with van der Waals surface area (Å²) in [6.45, 7) is 2.54. The number of nitriles is 1. The topological polar surface area (TPSA) is 53.6 Å². The van der Waals surface area contributed by atoms with Gasteiger partial charge in [0, 0.05) is 30.0 Å². The van der Waals surface area contributed by atoms with Crippen LogP contribution in [0.15, 0.2) is 61.1 Å². The summed E-state index contributed by atoms with van der Waals surface area (Å²) in [6.07, 6.45) is 5.81. The number of hydrogen-bond acceptors (Lipinski definition) is 3. The number of benzene rings is 2. The zero-order valence-corrected chi connectivity index (χ0v) is 15.3. The normalized spacial score (nSPS) is 10.6. The second-order valence-corrected chi connectivity index (χ2v) is 6.67. The molecule has 0 atom stereocenters. The van der Waals surface area contributed by atoms with Crippen LogP contribution in [-0.2, 0) is 19.5 Å². The molecular formula is C21H21ClN4. The molecule has 5 heteroatoms. The highest BCUT2D eigenvalue weighted by Gasteiger charge is 2.04. The fourth-order valence-electron chi connectivity index (χ4n) is 2.85. The van der Waals surface area contributed by atoms with E-state index in [9.17, 15) is 0 Å². The zero-order valence-electron chi connectivity index (χ0n) is 14.5. The van der Waals surface area contributed by atoms with E-state index in [0.717, 1.165) is 37.5 Å². The van der Waals surface area contributed by atoms with Gasteiger partial charge in [-0.3, -0.25) is 0 Å². The maximum absolute atomic E-state index is 8.88. The van der Waals surface area contributed by atoms with E-state index < -0.39 is 0 Å². The number of rotatable bonds is 8. The van der Waals surface area contributed by atoms with E-state index in [0.29, 0.717) is 5.56 Å². The molecule has 2 aromatic carbocycles. The smallest absolute Gasteiger partial charge is 0.0991 e. The first-order chi connectivity index (χ1) is 12.7. The predicted octanol–water partition coefficient (Wildman–Crippen LogP) is 4.18. The van der Waals surface area contributed by atoms with Crippen molar-refractivity contribution in [3.05, 3.63) is 88.5 Å². The van der Waals surface area contributed by atoms with Crippen LogP contribution in [0.25, 0.3) is 0 Å². The van der Waals surface area contributed by atoms with E-state index >= 15 is 0 Å². The molecule has 0 saturated carbocycles. The molecule has 1 heterocycles. The molecule has 1 N–H and O–H groups in total. The number of imidazole rings is 1. The Kier molecular flexibility index (Phi) is 6.43. The van der Waals surface area contributed by atoms with Crippen molar-refractivity contribution in [3.8, 4) is 6.07 Å². The van der Waals surface area contributed by atoms with Gasteiger partial charge in [-0.05, 0) is 54.8 Å². The van der Waals surface area contributed by atoms with E-state index in [1.807, 2.05) is 55.0 Å². The summed E-state index contributed by atoms with van der Waals surface area (Å²) in [7, 11) is 0. The van der Waals surface area contributed by atoms with E-state index in [1.165, 1.54) is 16.8 Å². The lowest BCUT2D eigenvalue weighted by Crippen LogP contribution is -2.16. The molecule has 0 aliphatic heterocycles. The van der Waals surface area contributed by atoms with Gasteiger partial charge < -0.3 is 9.88 Å². The minimum Gasteiger partial charge on any atom is -0.330 e. The first-order valence-corrected chi connectivity index (χ1v) is 9.05. The zero-order chi connectivity index (χ0) is 18.2. The average Bonchev–Trinajstić information content (AvgIpc) is 3.09. The van der Waals surface area contributed by atoms with Gasteiger partial charge in [-0.15, -0.1) is 0 Å². The molecule has 0 bridgehead atoms. The van der Waals surface area contributed by atoms with Crippen LogP contribution in [0.5, 0.6) is 0 Å². The molecule has 0 aliphatic rings. The molecule has 4 nitrogen and oxygen atoms in total. The molecule has 0 radical (unpaired) electrons. The third kappa shape index (κ3) is 5.19. The number of aryl methyl sites for hydroxylation is 1. The van der Waals surface area contributed by atoms with Gasteiger partial charge in [0.25, 0.3) is 0 Å². The van der Waals surface area contributed by atoms with Crippen molar-refractivity contribution >= 4 is 11.6 Å². The van der Waals surface area contributed by atoms with Crippen molar-refractivity contribution < 1.29 is 0 Å². The number of halogens is 1. The summed E-state index contributed by atoms with van der Waals surface area (Å²) in [5.74, 6) is 0. The van der Waals surface area contributed by atoms with Crippen LogP contribution >= 0.6 is 11.6 Å². The van der Waals surface area contributed by atoms with Crippen molar-refractivity contribution in [2.75, 3.05) is 6.54 Å². The lowest BCUT2D eigenvalue weighted by molar-refractivity contribution is 0.629. The quantitative estimate of drug-likeness (QED) is 0.610. The standard InChI is InChI=1S/C21H21ClN4/c22-20-4-1-3-19(11-20)13-24-10-2-5-21-14-25-16-26(21)15-18-8-6-17(12-23)7-9-18/h1,3-4,6-9,11,14,16,24H,2,5,10,13,15H2. The Balaban J connectivity index is 1.45. The molecule has 0 fully saturated rings. The first-order valence-electron chi connectivity index (χ1n) is 8.68. The second kappa shape index (κ2) is 9.19. The molecule has 1 aromatic heterocycles. The minimum absolute atomic E-state index is 0.686. The summed E-state index contributed by atoms with van der Waals surface area (Å²) in [5, 5.41) is 13.1. The summed E-state index contributed by atoms with van der Waals surface area (Å²) in [5.41, 5.74) is 4.27. The van der Waals surface area contributed by atoms with Gasteiger partial charge in [0.15, 0.2) is 0 Å². The maximum atomic E-state index is 8.88. The van der Waals surface area contributed by atoms with Crippen LogP contribution in [0, 0.1) is 11.3 Å². The molecule has 26 heavy (non-hydrogen) atoms. The molecule has 0 aliphatic carbocycles. The SMILES string of the molecule is N#Cc1ccc(Cn2cncc2CCCNCc2cccc(Cl)c2)cc1. The number of hydrogen-bond donors (Lipinski definition) is 1. The van der Waals surface area contributed by atoms with Gasteiger partial charge in [-0.25, -0.2) is 4.98 Å². The van der Waals surface area contributed by atoms with Gasteiger partial charge in [0.2, 0.25) is 0 Å². The van der Waals surface area contributed by atoms with Gasteiger partial charge in [0.1, 0.15) is 0 Å². The highest BCUT2D eigenvalue weighted by Crippen LogP contribution is 2.11. The summed E-state index contributed by atoms with van der Waals surface area (Å²) in [4.78, 5) is 4.28. The predicted molar refractivity (Wildman–Crippen MR) is 104 cm³/mol. The van der Waals surface area contributed by atoms with Gasteiger partial charge >= 0.3 is 0 Å². The Bertz CT molecular complexity index is 878. The number of nitrogens with zero attached hydrogens (tertiary/aromatic N) is 3. The monoisotopic (exact) mass is 364 g/mol. The second-order valence-electron chi connectivity index (χ2n) is 6.23. The summed E-state index contributed by atoms with van der Waals surface area (Å²) < 4.78 is 2.17. The van der Waals surface area contributed by atoms with Gasteiger partial charge in [-0.1, -0.05) is 35.9 Å². The van der Waals surface area contributed by atoms with E-state index in [-0.39, 0.29) is 0 Å². The Morgan fingerprint density at radius 1 is 1.12 bits per heavy atom. The molecular weight excluding hydrogens is 344 g/mol. The van der Waals surface area contributed by atoms with Crippen molar-refractivity contribution in [2.45, 2.75) is 25.9 Å². The summed E-state index contributed by atoms with van der Waals surface area (Å²) in [6, 6.07) is 17.8. The molecule has 3 rings (SSSR count). The molecule has 0 unspecified atom stereocenters. The summed E-state index contributed by atoms with van der Waals surface area (Å²) >= 11 is 6.00. The van der Waals surface area contributed by atoms with Gasteiger partial charge in [0.05, 0.1) is 18.0 Å². The Morgan fingerprint density at radius 3 is 2.73 bits per heavy atom. The molecule has 0 spiro atoms. The average molecular weight is 365 g/mol. The van der Waals surface area contributed by atoms with Crippen LogP contribution < -0.4 is 5.32 Å². The number of aromatic nitrogens is 2. The van der Waals surface area contributed by atoms with Crippen LogP contribution in [0.2, 0.25) is 5.02 Å². The van der Waals surface area contributed by atoms with Crippen molar-refractivity contribution in [1.29, 1.82) is 5.26 Å². The highest BCUT2D eigenvalue weighted by molar-refractivity contribution is 6.30. The third-order valence-electron chi connectivity index (χ3n) is 4.24. The minimum atomic E-state index is 0.686. The highest BCUT2D eigenvalue weighted by atomic mass is 35.5. The molecule has 0 saturated heterocycles. The fraction of sp³-hybridized carbons (Fsp3) is 0.238. The van der Waals surface area contributed by atoms with Crippen LogP contribution in [-0.4, -0.2) is 16.1 Å². The molecule has 132 valence electrons. The Morgan fingerprint density at radius 2 is 1.96 bits per heavy atom. The van der Waals surface area contributed by atoms with Crippen molar-refractivity contribution in [1.82, 2.24) is 14.9 Å². The maximum Gasteiger partial charge on any atom is 0.0991 e. The van der Waals surface area contributed by atoms with Crippen LogP contribution in [0.4, 0.5) is 0 Å². The first kappa shape index (κ1) is 18.2. The van der Waals surface area contributed by atoms with E-state index in [4.69, 9.17) is 16.9 Å². The Labute approximate surface area is 159 Å². The number of nitrogens with one attached hydrogen (secondary N) is 1. The Hall–Kier alpha value is -2.61.